The number of amides is 1. The van der Waals surface area contributed by atoms with Crippen molar-refractivity contribution in [3.8, 4) is 5.75 Å². The molecule has 0 radical (unpaired) electrons. The first-order chi connectivity index (χ1) is 15.5. The van der Waals surface area contributed by atoms with Crippen molar-refractivity contribution in [2.24, 2.45) is 4.99 Å². The first-order valence-corrected chi connectivity index (χ1v) is 11.7. The standard InChI is InChI=1S/C22H21N3O5S2/c1-3-29-11-10-24-20-16(30-4-2)6-5-7-18(20)32-22(24)23-21(26)19-13-14-12-15(25(27)28)8-9-17(14)31-19/h5-9,12-13H,3-4,10-11H2,1-2H3. The van der Waals surface area contributed by atoms with Crippen molar-refractivity contribution in [1.82, 2.24) is 4.57 Å². The molecule has 2 aromatic carbocycles. The number of fused-ring (bicyclic) bond motifs is 2. The van der Waals surface area contributed by atoms with Gasteiger partial charge in [0.2, 0.25) is 0 Å². The van der Waals surface area contributed by atoms with Crippen LogP contribution >= 0.6 is 22.7 Å². The van der Waals surface area contributed by atoms with E-state index in [1.54, 1.807) is 12.1 Å². The van der Waals surface area contributed by atoms with Crippen LogP contribution in [-0.2, 0) is 11.3 Å². The van der Waals surface area contributed by atoms with Gasteiger partial charge in [-0.25, -0.2) is 0 Å². The molecule has 0 saturated carbocycles. The predicted octanol–water partition coefficient (Wildman–Crippen LogP) is 5.00. The number of thiazole rings is 1. The monoisotopic (exact) mass is 471 g/mol. The summed E-state index contributed by atoms with van der Waals surface area (Å²) in [5.74, 6) is 0.351. The molecule has 32 heavy (non-hydrogen) atoms. The molecule has 10 heteroatoms. The number of nitro benzene ring substituents is 1. The van der Waals surface area contributed by atoms with Crippen LogP contribution in [0.2, 0.25) is 0 Å². The van der Waals surface area contributed by atoms with Gasteiger partial charge in [0.05, 0.1) is 27.7 Å². The number of non-ortho nitro benzene ring substituents is 1. The van der Waals surface area contributed by atoms with Crippen molar-refractivity contribution in [1.29, 1.82) is 0 Å². The lowest BCUT2D eigenvalue weighted by molar-refractivity contribution is -0.384. The van der Waals surface area contributed by atoms with Gasteiger partial charge in [0.25, 0.3) is 11.6 Å². The van der Waals surface area contributed by atoms with E-state index in [1.165, 1.54) is 34.8 Å². The Morgan fingerprint density at radius 3 is 2.72 bits per heavy atom. The maximum absolute atomic E-state index is 13.0. The molecule has 0 saturated heterocycles. The Kier molecular flexibility index (Phi) is 6.63. The molecule has 0 aliphatic carbocycles. The Hall–Kier alpha value is -3.08. The molecule has 0 fully saturated rings. The second-order valence-electron chi connectivity index (χ2n) is 6.78. The second kappa shape index (κ2) is 9.60. The zero-order valence-electron chi connectivity index (χ0n) is 17.6. The number of aromatic nitrogens is 1. The molecule has 1 amide bonds. The number of hydrogen-bond acceptors (Lipinski definition) is 7. The summed E-state index contributed by atoms with van der Waals surface area (Å²) in [6.07, 6.45) is 0. The summed E-state index contributed by atoms with van der Waals surface area (Å²) in [7, 11) is 0. The van der Waals surface area contributed by atoms with Crippen molar-refractivity contribution >= 4 is 54.6 Å². The number of rotatable bonds is 8. The highest BCUT2D eigenvalue weighted by atomic mass is 32.1. The molecular formula is C22H21N3O5S2. The van der Waals surface area contributed by atoms with Crippen LogP contribution in [0.4, 0.5) is 5.69 Å². The average molecular weight is 472 g/mol. The zero-order chi connectivity index (χ0) is 22.7. The number of hydrogen-bond donors (Lipinski definition) is 0. The summed E-state index contributed by atoms with van der Waals surface area (Å²) >= 11 is 2.68. The Balaban J connectivity index is 1.79. The van der Waals surface area contributed by atoms with Gasteiger partial charge in [-0.2, -0.15) is 4.99 Å². The first-order valence-electron chi connectivity index (χ1n) is 10.1. The molecule has 0 bridgehead atoms. The molecule has 0 unspecified atom stereocenters. The molecule has 0 spiro atoms. The maximum Gasteiger partial charge on any atom is 0.289 e. The van der Waals surface area contributed by atoms with Crippen molar-refractivity contribution < 1.29 is 19.2 Å². The number of thiophene rings is 1. The Morgan fingerprint density at radius 2 is 1.97 bits per heavy atom. The van der Waals surface area contributed by atoms with Gasteiger partial charge in [-0.05, 0) is 38.1 Å². The van der Waals surface area contributed by atoms with Crippen LogP contribution in [0.5, 0.6) is 5.75 Å². The molecule has 0 aliphatic heterocycles. The molecule has 4 aromatic rings. The van der Waals surface area contributed by atoms with Crippen molar-refractivity contribution in [3.63, 3.8) is 0 Å². The van der Waals surface area contributed by atoms with Gasteiger partial charge in [-0.3, -0.25) is 14.9 Å². The van der Waals surface area contributed by atoms with Crippen LogP contribution in [0.25, 0.3) is 20.3 Å². The highest BCUT2D eigenvalue weighted by molar-refractivity contribution is 7.21. The van der Waals surface area contributed by atoms with Gasteiger partial charge >= 0.3 is 0 Å². The minimum Gasteiger partial charge on any atom is -0.492 e. The molecule has 0 aliphatic rings. The van der Waals surface area contributed by atoms with Gasteiger partial charge in [-0.1, -0.05) is 17.4 Å². The fraction of sp³-hybridized carbons (Fsp3) is 0.273. The summed E-state index contributed by atoms with van der Waals surface area (Å²) in [6.45, 7) is 6.00. The van der Waals surface area contributed by atoms with Crippen LogP contribution in [0.3, 0.4) is 0 Å². The van der Waals surface area contributed by atoms with Gasteiger partial charge in [0, 0.05) is 35.4 Å². The molecular weight excluding hydrogens is 450 g/mol. The number of ether oxygens (including phenoxy) is 2. The van der Waals surface area contributed by atoms with E-state index in [-0.39, 0.29) is 11.6 Å². The average Bonchev–Trinajstić information content (AvgIpc) is 3.35. The normalized spacial score (nSPS) is 12.0. The molecule has 2 aromatic heterocycles. The lowest BCUT2D eigenvalue weighted by Gasteiger charge is -2.09. The Bertz CT molecular complexity index is 1370. The van der Waals surface area contributed by atoms with E-state index >= 15 is 0 Å². The van der Waals surface area contributed by atoms with E-state index in [9.17, 15) is 14.9 Å². The van der Waals surface area contributed by atoms with Crippen LogP contribution in [-0.4, -0.2) is 35.2 Å². The predicted molar refractivity (Wildman–Crippen MR) is 126 cm³/mol. The van der Waals surface area contributed by atoms with Crippen LogP contribution < -0.4 is 9.54 Å². The van der Waals surface area contributed by atoms with Gasteiger partial charge in [0.1, 0.15) is 11.3 Å². The van der Waals surface area contributed by atoms with E-state index < -0.39 is 4.92 Å². The van der Waals surface area contributed by atoms with Gasteiger partial charge in [-0.15, -0.1) is 11.3 Å². The number of carbonyl (C=O) groups excluding carboxylic acids is 1. The smallest absolute Gasteiger partial charge is 0.289 e. The third-order valence-electron chi connectivity index (χ3n) is 4.75. The van der Waals surface area contributed by atoms with E-state index in [2.05, 4.69) is 4.99 Å². The fourth-order valence-corrected chi connectivity index (χ4v) is 5.35. The SMILES string of the molecule is CCOCCn1c(=NC(=O)c2cc3cc([N+](=O)[O-])ccc3s2)sc2cccc(OCC)c21. The molecule has 0 atom stereocenters. The third-order valence-corrected chi connectivity index (χ3v) is 6.89. The van der Waals surface area contributed by atoms with E-state index in [1.807, 2.05) is 36.6 Å². The van der Waals surface area contributed by atoms with E-state index in [4.69, 9.17) is 9.47 Å². The topological polar surface area (TPSA) is 96.0 Å². The van der Waals surface area contributed by atoms with E-state index in [0.717, 1.165) is 20.7 Å². The number of benzene rings is 2. The van der Waals surface area contributed by atoms with Gasteiger partial charge in [0.15, 0.2) is 4.80 Å². The first kappa shape index (κ1) is 22.1. The fourth-order valence-electron chi connectivity index (χ4n) is 3.35. The number of carbonyl (C=O) groups is 1. The largest absolute Gasteiger partial charge is 0.492 e. The summed E-state index contributed by atoms with van der Waals surface area (Å²) in [6, 6.07) is 12.0. The number of nitro groups is 1. The number of nitrogens with zero attached hydrogens (tertiary/aromatic N) is 3. The van der Waals surface area contributed by atoms with Gasteiger partial charge < -0.3 is 14.0 Å². The molecule has 166 valence electrons. The second-order valence-corrected chi connectivity index (χ2v) is 8.87. The van der Waals surface area contributed by atoms with Crippen molar-refractivity contribution in [2.75, 3.05) is 19.8 Å². The molecule has 8 nitrogen and oxygen atoms in total. The van der Waals surface area contributed by atoms with Crippen molar-refractivity contribution in [2.45, 2.75) is 20.4 Å². The van der Waals surface area contributed by atoms with Crippen LogP contribution in [0, 0.1) is 10.1 Å². The third kappa shape index (κ3) is 4.43. The molecule has 2 heterocycles. The molecule has 4 rings (SSSR count). The summed E-state index contributed by atoms with van der Waals surface area (Å²) in [5.41, 5.74) is 0.880. The highest BCUT2D eigenvalue weighted by Gasteiger charge is 2.16. The van der Waals surface area contributed by atoms with Crippen molar-refractivity contribution in [3.05, 3.63) is 62.3 Å². The maximum atomic E-state index is 13.0. The Morgan fingerprint density at radius 1 is 1.12 bits per heavy atom. The van der Waals surface area contributed by atoms with Crippen LogP contribution in [0.1, 0.15) is 23.5 Å². The summed E-state index contributed by atoms with van der Waals surface area (Å²) in [4.78, 5) is 29.0. The van der Waals surface area contributed by atoms with E-state index in [0.29, 0.717) is 41.4 Å². The highest BCUT2D eigenvalue weighted by Crippen LogP contribution is 2.30. The van der Waals surface area contributed by atoms with Crippen LogP contribution in [0.15, 0.2) is 47.5 Å². The lowest BCUT2D eigenvalue weighted by Crippen LogP contribution is -2.20. The minimum absolute atomic E-state index is 0.00652. The quantitative estimate of drug-likeness (QED) is 0.205. The minimum atomic E-state index is -0.447. The number of para-hydroxylation sites is 1. The lowest BCUT2D eigenvalue weighted by atomic mass is 10.2. The zero-order valence-corrected chi connectivity index (χ0v) is 19.2. The Labute approximate surface area is 191 Å². The summed E-state index contributed by atoms with van der Waals surface area (Å²) < 4.78 is 15.1. The summed E-state index contributed by atoms with van der Waals surface area (Å²) in [5, 5.41) is 11.7. The molecule has 0 N–H and O–H groups in total.